The molecule has 2 aromatic rings. The molecule has 18 heavy (non-hydrogen) atoms. The lowest BCUT2D eigenvalue weighted by Crippen LogP contribution is -2.06. The van der Waals surface area contributed by atoms with Crippen LogP contribution in [0.25, 0.3) is 10.6 Å². The quantitative estimate of drug-likeness (QED) is 0.863. The van der Waals surface area contributed by atoms with E-state index in [1.807, 2.05) is 0 Å². The number of hydrogen-bond donors (Lipinski definition) is 1. The van der Waals surface area contributed by atoms with Gasteiger partial charge in [0.2, 0.25) is 0 Å². The van der Waals surface area contributed by atoms with E-state index in [9.17, 15) is 18.3 Å². The van der Waals surface area contributed by atoms with Crippen LogP contribution in [0.3, 0.4) is 0 Å². The zero-order valence-electron chi connectivity index (χ0n) is 8.69. The van der Waals surface area contributed by atoms with Crippen LogP contribution >= 0.6 is 11.3 Å². The molecule has 0 saturated heterocycles. The summed E-state index contributed by atoms with van der Waals surface area (Å²) in [5.41, 5.74) is -1.49. The highest BCUT2D eigenvalue weighted by Crippen LogP contribution is 2.42. The molecule has 0 unspecified atom stereocenters. The number of phenols is 1. The number of phenolic OH excluding ortho intramolecular Hbond substituents is 1. The highest BCUT2D eigenvalue weighted by atomic mass is 32.1. The van der Waals surface area contributed by atoms with Crippen LogP contribution in [-0.2, 0) is 6.18 Å². The Morgan fingerprint density at radius 3 is 2.56 bits per heavy atom. The maximum absolute atomic E-state index is 12.7. The van der Waals surface area contributed by atoms with E-state index in [0.717, 1.165) is 11.3 Å². The van der Waals surface area contributed by atoms with Gasteiger partial charge in [0.1, 0.15) is 10.8 Å². The van der Waals surface area contributed by atoms with Gasteiger partial charge in [-0.05, 0) is 12.1 Å². The summed E-state index contributed by atoms with van der Waals surface area (Å²) in [6.45, 7) is 0. The third-order valence-corrected chi connectivity index (χ3v) is 3.01. The van der Waals surface area contributed by atoms with Crippen LogP contribution in [0, 0.1) is 11.3 Å². The van der Waals surface area contributed by atoms with Gasteiger partial charge < -0.3 is 5.11 Å². The van der Waals surface area contributed by atoms with E-state index in [1.54, 1.807) is 11.4 Å². The fourth-order valence-corrected chi connectivity index (χ4v) is 2.09. The van der Waals surface area contributed by atoms with Crippen LogP contribution in [-0.4, -0.2) is 10.1 Å². The van der Waals surface area contributed by atoms with Gasteiger partial charge in [-0.1, -0.05) is 0 Å². The monoisotopic (exact) mass is 270 g/mol. The van der Waals surface area contributed by atoms with Crippen molar-refractivity contribution in [2.24, 2.45) is 0 Å². The minimum atomic E-state index is -4.72. The van der Waals surface area contributed by atoms with E-state index in [1.165, 1.54) is 12.3 Å². The molecule has 0 bridgehead atoms. The van der Waals surface area contributed by atoms with Crippen molar-refractivity contribution in [3.05, 3.63) is 34.8 Å². The topological polar surface area (TPSA) is 56.9 Å². The van der Waals surface area contributed by atoms with Gasteiger partial charge in [-0.3, -0.25) is 0 Å². The lowest BCUT2D eigenvalue weighted by Gasteiger charge is -2.11. The Hall–Kier alpha value is -2.07. The molecule has 7 heteroatoms. The Balaban J connectivity index is 2.72. The molecule has 3 nitrogen and oxygen atoms in total. The number of hydrogen-bond acceptors (Lipinski definition) is 4. The molecule has 92 valence electrons. The summed E-state index contributed by atoms with van der Waals surface area (Å²) in [6.07, 6.45) is -3.31. The minimum absolute atomic E-state index is 0.0867. The lowest BCUT2D eigenvalue weighted by molar-refractivity contribution is -0.138. The van der Waals surface area contributed by atoms with E-state index in [0.29, 0.717) is 6.07 Å². The minimum Gasteiger partial charge on any atom is -0.507 e. The predicted molar refractivity (Wildman–Crippen MR) is 58.9 cm³/mol. The number of aromatic hydroxyl groups is 1. The Labute approximate surface area is 104 Å². The summed E-state index contributed by atoms with van der Waals surface area (Å²) in [5.74, 6) is -0.906. The van der Waals surface area contributed by atoms with Crippen LogP contribution in [0.4, 0.5) is 13.2 Å². The van der Waals surface area contributed by atoms with E-state index < -0.39 is 17.5 Å². The van der Waals surface area contributed by atoms with Crippen LogP contribution in [0.2, 0.25) is 0 Å². The van der Waals surface area contributed by atoms with Crippen molar-refractivity contribution in [1.29, 1.82) is 5.26 Å². The molecule has 0 aliphatic carbocycles. The van der Waals surface area contributed by atoms with Crippen molar-refractivity contribution in [3.8, 4) is 22.4 Å². The lowest BCUT2D eigenvalue weighted by atomic mass is 10.0. The van der Waals surface area contributed by atoms with Crippen LogP contribution in [0.5, 0.6) is 5.75 Å². The Bertz CT molecular complexity index is 614. The number of alkyl halides is 3. The Kier molecular flexibility index (Phi) is 2.97. The smallest absolute Gasteiger partial charge is 0.420 e. The molecular formula is C11H5F3N2OS. The first-order valence-electron chi connectivity index (χ1n) is 4.67. The number of nitrogens with zero attached hydrogens (tertiary/aromatic N) is 2. The summed E-state index contributed by atoms with van der Waals surface area (Å²) in [4.78, 5) is 3.83. The van der Waals surface area contributed by atoms with Gasteiger partial charge in [-0.25, -0.2) is 4.98 Å². The number of rotatable bonds is 1. The summed E-state index contributed by atoms with van der Waals surface area (Å²) in [5, 5.41) is 20.2. The first-order valence-corrected chi connectivity index (χ1v) is 5.55. The second kappa shape index (κ2) is 4.31. The van der Waals surface area contributed by atoms with Crippen molar-refractivity contribution in [2.75, 3.05) is 0 Å². The number of halogens is 3. The summed E-state index contributed by atoms with van der Waals surface area (Å²) >= 11 is 1.08. The number of nitriles is 1. The van der Waals surface area contributed by atoms with E-state index in [2.05, 4.69) is 4.98 Å². The third-order valence-electron chi connectivity index (χ3n) is 2.21. The molecule has 0 amide bonds. The summed E-state index contributed by atoms with van der Waals surface area (Å²) in [6, 6.07) is 3.44. The standard InChI is InChI=1S/C11H5F3N2OS/c12-11(13,14)8-4-6(5-15)3-7(9(8)17)10-16-1-2-18-10/h1-4,17H. The molecule has 0 aliphatic heterocycles. The third kappa shape index (κ3) is 2.15. The summed E-state index contributed by atoms with van der Waals surface area (Å²) < 4.78 is 38.1. The van der Waals surface area contributed by atoms with Crippen molar-refractivity contribution >= 4 is 11.3 Å². The van der Waals surface area contributed by atoms with Crippen LogP contribution < -0.4 is 0 Å². The van der Waals surface area contributed by atoms with Crippen LogP contribution in [0.15, 0.2) is 23.7 Å². The molecule has 1 aromatic heterocycles. The molecule has 1 aromatic carbocycles. The fraction of sp³-hybridized carbons (Fsp3) is 0.0909. The number of thiazole rings is 1. The Morgan fingerprint density at radius 1 is 1.33 bits per heavy atom. The summed E-state index contributed by atoms with van der Waals surface area (Å²) in [7, 11) is 0. The second-order valence-corrected chi connectivity index (χ2v) is 4.26. The van der Waals surface area contributed by atoms with Gasteiger partial charge in [0.25, 0.3) is 0 Å². The zero-order chi connectivity index (χ0) is 13.3. The molecule has 1 heterocycles. The largest absolute Gasteiger partial charge is 0.507 e. The van der Waals surface area contributed by atoms with Crippen LogP contribution in [0.1, 0.15) is 11.1 Å². The molecule has 1 N–H and O–H groups in total. The Morgan fingerprint density at radius 2 is 2.06 bits per heavy atom. The van der Waals surface area contributed by atoms with E-state index in [-0.39, 0.29) is 16.1 Å². The SMILES string of the molecule is N#Cc1cc(-c2nccs2)c(O)c(C(F)(F)F)c1. The normalized spacial score (nSPS) is 11.2. The molecule has 0 saturated carbocycles. The van der Waals surface area contributed by atoms with Gasteiger partial charge in [-0.15, -0.1) is 11.3 Å². The van der Waals surface area contributed by atoms with E-state index in [4.69, 9.17) is 5.26 Å². The van der Waals surface area contributed by atoms with Gasteiger partial charge in [0.15, 0.2) is 0 Å². The second-order valence-electron chi connectivity index (χ2n) is 3.37. The fourth-order valence-electron chi connectivity index (χ4n) is 1.43. The zero-order valence-corrected chi connectivity index (χ0v) is 9.51. The molecule has 2 rings (SSSR count). The van der Waals surface area contributed by atoms with E-state index >= 15 is 0 Å². The average Bonchev–Trinajstić information content (AvgIpc) is 2.81. The molecular weight excluding hydrogens is 265 g/mol. The molecule has 0 atom stereocenters. The predicted octanol–water partition coefficient (Wildman–Crippen LogP) is 3.41. The molecule has 0 spiro atoms. The molecule has 0 aliphatic rings. The molecule has 0 fully saturated rings. The highest BCUT2D eigenvalue weighted by Gasteiger charge is 2.35. The first-order chi connectivity index (χ1) is 8.43. The highest BCUT2D eigenvalue weighted by molar-refractivity contribution is 7.13. The van der Waals surface area contributed by atoms with Crippen molar-refractivity contribution in [3.63, 3.8) is 0 Å². The maximum atomic E-state index is 12.7. The number of aromatic nitrogens is 1. The molecule has 0 radical (unpaired) electrons. The first kappa shape index (κ1) is 12.4. The maximum Gasteiger partial charge on any atom is 0.420 e. The number of benzene rings is 1. The van der Waals surface area contributed by atoms with Crippen molar-refractivity contribution in [1.82, 2.24) is 4.98 Å². The van der Waals surface area contributed by atoms with Gasteiger partial charge in [0.05, 0.1) is 22.8 Å². The van der Waals surface area contributed by atoms with Gasteiger partial charge in [-0.2, -0.15) is 18.4 Å². The van der Waals surface area contributed by atoms with Crippen molar-refractivity contribution < 1.29 is 18.3 Å². The van der Waals surface area contributed by atoms with Gasteiger partial charge in [0, 0.05) is 11.6 Å². The van der Waals surface area contributed by atoms with Gasteiger partial charge >= 0.3 is 6.18 Å². The average molecular weight is 270 g/mol. The van der Waals surface area contributed by atoms with Crippen molar-refractivity contribution in [2.45, 2.75) is 6.18 Å².